The van der Waals surface area contributed by atoms with Crippen LogP contribution in [0.15, 0.2) is 85.1 Å². The van der Waals surface area contributed by atoms with Crippen LogP contribution in [-0.2, 0) is 6.54 Å². The van der Waals surface area contributed by atoms with Gasteiger partial charge in [-0.25, -0.2) is 9.67 Å². The van der Waals surface area contributed by atoms with Crippen LogP contribution in [0.2, 0.25) is 0 Å². The third kappa shape index (κ3) is 3.33. The van der Waals surface area contributed by atoms with E-state index < -0.39 is 0 Å². The Hall–Kier alpha value is -4.26. The molecule has 3 N–H and O–H groups in total. The zero-order chi connectivity index (χ0) is 20.3. The lowest BCUT2D eigenvalue weighted by Gasteiger charge is -2.08. The molecule has 3 aromatic heterocycles. The van der Waals surface area contributed by atoms with E-state index in [9.17, 15) is 0 Å². The van der Waals surface area contributed by atoms with Crippen molar-refractivity contribution in [3.05, 3.63) is 90.8 Å². The molecule has 7 heteroatoms. The third-order valence-electron chi connectivity index (χ3n) is 4.77. The van der Waals surface area contributed by atoms with Crippen molar-refractivity contribution in [1.29, 1.82) is 0 Å². The molecule has 0 aliphatic rings. The van der Waals surface area contributed by atoms with Crippen molar-refractivity contribution in [3.63, 3.8) is 0 Å². The van der Waals surface area contributed by atoms with Crippen molar-refractivity contribution in [2.75, 3.05) is 11.1 Å². The Labute approximate surface area is 173 Å². The minimum Gasteiger partial charge on any atom is -0.383 e. The van der Waals surface area contributed by atoms with Gasteiger partial charge in [0.25, 0.3) is 0 Å². The molecule has 0 amide bonds. The van der Waals surface area contributed by atoms with Crippen molar-refractivity contribution < 1.29 is 0 Å². The van der Waals surface area contributed by atoms with E-state index in [4.69, 9.17) is 10.7 Å². The number of aromatic nitrogens is 5. The minimum absolute atomic E-state index is 0.477. The van der Waals surface area contributed by atoms with Gasteiger partial charge in [0.05, 0.1) is 29.0 Å². The maximum atomic E-state index is 6.51. The lowest BCUT2D eigenvalue weighted by Crippen LogP contribution is -2.06. The Bertz CT molecular complexity index is 1280. The Morgan fingerprint density at radius 1 is 0.833 bits per heavy atom. The first-order valence-corrected chi connectivity index (χ1v) is 9.60. The topological polar surface area (TPSA) is 94.5 Å². The Kier molecular flexibility index (Phi) is 4.53. The van der Waals surface area contributed by atoms with Crippen LogP contribution in [0.1, 0.15) is 5.69 Å². The third-order valence-corrected chi connectivity index (χ3v) is 4.77. The lowest BCUT2D eigenvalue weighted by molar-refractivity contribution is 0.899. The summed E-state index contributed by atoms with van der Waals surface area (Å²) in [5.41, 5.74) is 10.5. The summed E-state index contributed by atoms with van der Waals surface area (Å²) in [6.45, 7) is 0.509. The number of rotatable bonds is 5. The first-order valence-electron chi connectivity index (χ1n) is 9.60. The van der Waals surface area contributed by atoms with Crippen molar-refractivity contribution in [2.24, 2.45) is 0 Å². The molecule has 0 saturated carbocycles. The van der Waals surface area contributed by atoms with Crippen molar-refractivity contribution in [3.8, 4) is 16.9 Å². The van der Waals surface area contributed by atoms with Gasteiger partial charge in [0.15, 0.2) is 5.65 Å². The Morgan fingerprint density at radius 3 is 2.30 bits per heavy atom. The summed E-state index contributed by atoms with van der Waals surface area (Å²) in [4.78, 5) is 13.7. The molecular formula is C23H19N7. The average Bonchev–Trinajstić information content (AvgIpc) is 3.15. The zero-order valence-corrected chi connectivity index (χ0v) is 16.1. The highest BCUT2D eigenvalue weighted by Crippen LogP contribution is 2.32. The smallest absolute Gasteiger partial charge is 0.225 e. The maximum Gasteiger partial charge on any atom is 0.225 e. The fourth-order valence-corrected chi connectivity index (χ4v) is 3.33. The molecule has 5 aromatic rings. The van der Waals surface area contributed by atoms with E-state index in [-0.39, 0.29) is 0 Å². The predicted molar refractivity (Wildman–Crippen MR) is 118 cm³/mol. The molecule has 0 saturated heterocycles. The van der Waals surface area contributed by atoms with Crippen LogP contribution in [0.5, 0.6) is 0 Å². The average molecular weight is 393 g/mol. The van der Waals surface area contributed by atoms with E-state index in [1.54, 1.807) is 10.9 Å². The molecule has 0 fully saturated rings. The summed E-state index contributed by atoms with van der Waals surface area (Å²) in [6.07, 6.45) is 1.76. The summed E-state index contributed by atoms with van der Waals surface area (Å²) < 4.78 is 1.70. The van der Waals surface area contributed by atoms with Gasteiger partial charge in [0, 0.05) is 11.8 Å². The summed E-state index contributed by atoms with van der Waals surface area (Å²) in [5.74, 6) is 0.982. The van der Waals surface area contributed by atoms with Crippen LogP contribution >= 0.6 is 0 Å². The van der Waals surface area contributed by atoms with Gasteiger partial charge in [0.1, 0.15) is 5.82 Å². The zero-order valence-electron chi connectivity index (χ0n) is 16.1. The Balaban J connectivity index is 1.64. The molecule has 0 atom stereocenters. The highest BCUT2D eigenvalue weighted by Gasteiger charge is 2.19. The first-order chi connectivity index (χ1) is 14.8. The normalized spacial score (nSPS) is 10.9. The molecule has 5 rings (SSSR count). The minimum atomic E-state index is 0.477. The number of para-hydroxylation sites is 1. The molecule has 0 unspecified atom stereocenters. The highest BCUT2D eigenvalue weighted by atomic mass is 15.3. The molecule has 30 heavy (non-hydrogen) atoms. The lowest BCUT2D eigenvalue weighted by atomic mass is 10.1. The second-order valence-corrected chi connectivity index (χ2v) is 6.77. The number of pyridine rings is 1. The Morgan fingerprint density at radius 2 is 1.57 bits per heavy atom. The molecule has 0 spiro atoms. The number of hydrogen-bond acceptors (Lipinski definition) is 6. The molecule has 0 aliphatic heterocycles. The SMILES string of the molecule is Nc1c2c(-c3ccccc3)nc(NCc3ccccn3)nc2nn1-c1ccccc1. The summed E-state index contributed by atoms with van der Waals surface area (Å²) >= 11 is 0. The largest absolute Gasteiger partial charge is 0.383 e. The molecular weight excluding hydrogens is 374 g/mol. The predicted octanol–water partition coefficient (Wildman–Crippen LogP) is 4.07. The molecule has 3 heterocycles. The van der Waals surface area contributed by atoms with Crippen LogP contribution < -0.4 is 11.1 Å². The standard InChI is InChI=1S/C23H19N7/c24-21-19-20(16-9-3-1-4-10-16)27-23(26-15-17-11-7-8-14-25-17)28-22(19)29-30(21)18-12-5-2-6-13-18/h1-14H,15,24H2,(H,26,28,29). The van der Waals surface area contributed by atoms with E-state index in [1.807, 2.05) is 78.9 Å². The van der Waals surface area contributed by atoms with E-state index in [0.29, 0.717) is 24.0 Å². The maximum absolute atomic E-state index is 6.51. The summed E-state index contributed by atoms with van der Waals surface area (Å²) in [6, 6.07) is 25.5. The molecule has 146 valence electrons. The van der Waals surface area contributed by atoms with Gasteiger partial charge in [-0.1, -0.05) is 54.6 Å². The second-order valence-electron chi connectivity index (χ2n) is 6.77. The van der Waals surface area contributed by atoms with Crippen LogP contribution in [0.3, 0.4) is 0 Å². The van der Waals surface area contributed by atoms with Crippen LogP contribution in [-0.4, -0.2) is 24.7 Å². The van der Waals surface area contributed by atoms with Gasteiger partial charge in [-0.2, -0.15) is 4.98 Å². The van der Waals surface area contributed by atoms with Crippen molar-refractivity contribution in [2.45, 2.75) is 6.54 Å². The highest BCUT2D eigenvalue weighted by molar-refractivity contribution is 5.99. The molecule has 7 nitrogen and oxygen atoms in total. The van der Waals surface area contributed by atoms with Crippen LogP contribution in [0, 0.1) is 0 Å². The quantitative estimate of drug-likeness (QED) is 0.467. The van der Waals surface area contributed by atoms with Gasteiger partial charge in [-0.15, -0.1) is 5.10 Å². The fourth-order valence-electron chi connectivity index (χ4n) is 3.33. The molecule has 0 radical (unpaired) electrons. The van der Waals surface area contributed by atoms with Crippen LogP contribution in [0.4, 0.5) is 11.8 Å². The summed E-state index contributed by atoms with van der Waals surface area (Å²) in [5, 5.41) is 8.66. The van der Waals surface area contributed by atoms with E-state index in [1.165, 1.54) is 0 Å². The monoisotopic (exact) mass is 393 g/mol. The van der Waals surface area contributed by atoms with Gasteiger partial charge in [-0.05, 0) is 24.3 Å². The number of hydrogen-bond donors (Lipinski definition) is 2. The van der Waals surface area contributed by atoms with Gasteiger partial charge in [-0.3, -0.25) is 4.98 Å². The molecule has 2 aromatic carbocycles. The number of nitrogens with one attached hydrogen (secondary N) is 1. The van der Waals surface area contributed by atoms with Crippen LogP contribution in [0.25, 0.3) is 28.0 Å². The number of nitrogens with two attached hydrogens (primary N) is 1. The number of fused-ring (bicyclic) bond motifs is 1. The van der Waals surface area contributed by atoms with E-state index >= 15 is 0 Å². The van der Waals surface area contributed by atoms with Gasteiger partial charge >= 0.3 is 0 Å². The second kappa shape index (κ2) is 7.63. The van der Waals surface area contributed by atoms with Crippen molar-refractivity contribution in [1.82, 2.24) is 24.7 Å². The number of nitrogens with zero attached hydrogens (tertiary/aromatic N) is 5. The fraction of sp³-hybridized carbons (Fsp3) is 0.0435. The molecule has 0 aliphatic carbocycles. The number of nitrogen functional groups attached to an aromatic ring is 1. The van der Waals surface area contributed by atoms with Crippen molar-refractivity contribution >= 4 is 22.8 Å². The molecule has 0 bridgehead atoms. The first kappa shape index (κ1) is 17.8. The van der Waals surface area contributed by atoms with E-state index in [0.717, 1.165) is 28.0 Å². The van der Waals surface area contributed by atoms with E-state index in [2.05, 4.69) is 20.4 Å². The number of benzene rings is 2. The van der Waals surface area contributed by atoms with Gasteiger partial charge in [0.2, 0.25) is 5.95 Å². The summed E-state index contributed by atoms with van der Waals surface area (Å²) in [7, 11) is 0. The van der Waals surface area contributed by atoms with Gasteiger partial charge < -0.3 is 11.1 Å². The number of anilines is 2.